The molecule has 0 aromatic heterocycles. The number of carbonyl (C=O) groups excluding carboxylic acids is 1. The molecule has 0 aliphatic rings. The van der Waals surface area contributed by atoms with Crippen molar-refractivity contribution in [2.24, 2.45) is 0 Å². The molecule has 24 heavy (non-hydrogen) atoms. The number of benzene rings is 2. The van der Waals surface area contributed by atoms with Gasteiger partial charge in [-0.05, 0) is 43.7 Å². The Morgan fingerprint density at radius 3 is 2.12 bits per heavy atom. The molecular weight excluding hydrogens is 346 g/mol. The maximum Gasteiger partial charge on any atom is 0.241 e. The lowest BCUT2D eigenvalue weighted by Crippen LogP contribution is -2.31. The highest BCUT2D eigenvalue weighted by Crippen LogP contribution is 2.25. The summed E-state index contributed by atoms with van der Waals surface area (Å²) in [6.45, 7) is 6.96. The van der Waals surface area contributed by atoms with Crippen LogP contribution in [0.2, 0.25) is 5.02 Å². The predicted octanol–water partition coefficient (Wildman–Crippen LogP) is 3.81. The monoisotopic (exact) mass is 363 g/mol. The molecular formula is C18H18ClNO3S. The first-order valence-electron chi connectivity index (χ1n) is 7.25. The van der Waals surface area contributed by atoms with Crippen LogP contribution < -0.4 is 4.72 Å². The number of aryl methyl sites for hydroxylation is 1. The molecule has 2 aromatic rings. The van der Waals surface area contributed by atoms with Crippen molar-refractivity contribution in [3.8, 4) is 0 Å². The van der Waals surface area contributed by atoms with E-state index in [0.29, 0.717) is 10.6 Å². The van der Waals surface area contributed by atoms with Gasteiger partial charge < -0.3 is 0 Å². The van der Waals surface area contributed by atoms with Gasteiger partial charge in [-0.2, -0.15) is 4.72 Å². The summed E-state index contributed by atoms with van der Waals surface area (Å²) in [7, 11) is -3.81. The Bertz CT molecular complexity index is 856. The number of carbonyl (C=O) groups is 1. The summed E-state index contributed by atoms with van der Waals surface area (Å²) in [5.74, 6) is -0.290. The fourth-order valence-corrected chi connectivity index (χ4v) is 3.48. The lowest BCUT2D eigenvalue weighted by Gasteiger charge is -2.20. The van der Waals surface area contributed by atoms with E-state index in [4.69, 9.17) is 11.6 Å². The Balaban J connectivity index is 2.41. The van der Waals surface area contributed by atoms with Gasteiger partial charge >= 0.3 is 0 Å². The van der Waals surface area contributed by atoms with Gasteiger partial charge in [-0.3, -0.25) is 4.79 Å². The number of sulfonamides is 1. The molecule has 0 aliphatic carbocycles. The summed E-state index contributed by atoms with van der Waals surface area (Å²) in [6, 6.07) is 12.2. The third-order valence-corrected chi connectivity index (χ3v) is 5.30. The molecule has 1 N–H and O–H groups in total. The van der Waals surface area contributed by atoms with Crippen LogP contribution in [0.25, 0.3) is 0 Å². The number of halogens is 1. The Labute approximate surface area is 147 Å². The van der Waals surface area contributed by atoms with E-state index in [1.165, 1.54) is 19.1 Å². The summed E-state index contributed by atoms with van der Waals surface area (Å²) in [5.41, 5.74) is 1.71. The zero-order valence-electron chi connectivity index (χ0n) is 13.4. The maximum absolute atomic E-state index is 12.6. The van der Waals surface area contributed by atoms with E-state index in [0.717, 1.165) is 5.56 Å². The van der Waals surface area contributed by atoms with E-state index in [2.05, 4.69) is 11.3 Å². The smallest absolute Gasteiger partial charge is 0.241 e. The van der Waals surface area contributed by atoms with Crippen LogP contribution in [0.3, 0.4) is 0 Å². The van der Waals surface area contributed by atoms with Crippen molar-refractivity contribution in [3.05, 3.63) is 76.8 Å². The Morgan fingerprint density at radius 2 is 1.62 bits per heavy atom. The van der Waals surface area contributed by atoms with Gasteiger partial charge in [-0.1, -0.05) is 48.0 Å². The second-order valence-corrected chi connectivity index (χ2v) is 7.65. The molecule has 0 fully saturated rings. The van der Waals surface area contributed by atoms with Crippen LogP contribution in [0, 0.1) is 6.92 Å². The number of hydrogen-bond acceptors (Lipinski definition) is 3. The minimum absolute atomic E-state index is 0.128. The van der Waals surface area contributed by atoms with Crippen molar-refractivity contribution >= 4 is 27.4 Å². The summed E-state index contributed by atoms with van der Waals surface area (Å²) >= 11 is 5.87. The van der Waals surface area contributed by atoms with Gasteiger partial charge in [0.05, 0.1) is 10.9 Å². The van der Waals surface area contributed by atoms with Crippen molar-refractivity contribution in [2.45, 2.75) is 24.8 Å². The summed E-state index contributed by atoms with van der Waals surface area (Å²) in [6.07, 6.45) is 0. The first kappa shape index (κ1) is 18.4. The summed E-state index contributed by atoms with van der Waals surface area (Å²) in [5, 5.41) is 0.521. The summed E-state index contributed by atoms with van der Waals surface area (Å²) < 4.78 is 27.8. The molecule has 6 heteroatoms. The fourth-order valence-electron chi connectivity index (χ4n) is 2.14. The van der Waals surface area contributed by atoms with Crippen molar-refractivity contribution in [3.63, 3.8) is 0 Å². The molecule has 0 radical (unpaired) electrons. The Morgan fingerprint density at radius 1 is 1.08 bits per heavy atom. The largest absolute Gasteiger partial charge is 0.295 e. The Kier molecular flexibility index (Phi) is 5.59. The molecule has 0 aliphatic heterocycles. The van der Waals surface area contributed by atoms with Gasteiger partial charge in [0, 0.05) is 10.6 Å². The molecule has 0 heterocycles. The highest BCUT2D eigenvalue weighted by atomic mass is 35.5. The molecule has 0 spiro atoms. The van der Waals surface area contributed by atoms with Crippen molar-refractivity contribution < 1.29 is 13.2 Å². The van der Waals surface area contributed by atoms with Crippen LogP contribution in [0.5, 0.6) is 0 Å². The third kappa shape index (κ3) is 4.32. The minimum Gasteiger partial charge on any atom is -0.295 e. The van der Waals surface area contributed by atoms with E-state index in [9.17, 15) is 13.2 Å². The number of rotatable bonds is 6. The average molecular weight is 364 g/mol. The molecule has 1 unspecified atom stereocenters. The first-order chi connectivity index (χ1) is 11.2. The van der Waals surface area contributed by atoms with Crippen LogP contribution in [-0.4, -0.2) is 14.2 Å². The number of hydrogen-bond donors (Lipinski definition) is 1. The lowest BCUT2D eigenvalue weighted by atomic mass is 9.98. The minimum atomic E-state index is -3.81. The fraction of sp³-hybridized carbons (Fsp3) is 0.167. The van der Waals surface area contributed by atoms with Gasteiger partial charge in [-0.25, -0.2) is 8.42 Å². The summed E-state index contributed by atoms with van der Waals surface area (Å²) in [4.78, 5) is 11.9. The van der Waals surface area contributed by atoms with Crippen LogP contribution >= 0.6 is 11.6 Å². The molecule has 2 rings (SSSR count). The Hall–Kier alpha value is -1.95. The molecule has 2 aromatic carbocycles. The van der Waals surface area contributed by atoms with Gasteiger partial charge in [-0.15, -0.1) is 0 Å². The van der Waals surface area contributed by atoms with Crippen LogP contribution in [0.15, 0.2) is 65.6 Å². The van der Waals surface area contributed by atoms with E-state index in [-0.39, 0.29) is 16.3 Å². The topological polar surface area (TPSA) is 63.2 Å². The lowest BCUT2D eigenvalue weighted by molar-refractivity contribution is -0.113. The normalized spacial score (nSPS) is 12.6. The standard InChI is InChI=1S/C18H18ClNO3S/c1-12-4-10-17(11-5-12)24(22,23)20-18(13(2)14(3)21)15-6-8-16(19)9-7-15/h4-11,18,20H,2H2,1,3H3. The molecule has 0 saturated heterocycles. The van der Waals surface area contributed by atoms with Gasteiger partial charge in [0.2, 0.25) is 10.0 Å². The first-order valence-corrected chi connectivity index (χ1v) is 9.11. The van der Waals surface area contributed by atoms with Crippen LogP contribution in [0.4, 0.5) is 0 Å². The zero-order chi connectivity index (χ0) is 17.9. The molecule has 4 nitrogen and oxygen atoms in total. The van der Waals surface area contributed by atoms with Gasteiger partial charge in [0.15, 0.2) is 5.78 Å². The van der Waals surface area contributed by atoms with Crippen molar-refractivity contribution in [2.75, 3.05) is 0 Å². The SMILES string of the molecule is C=C(C(C)=O)C(NS(=O)(=O)c1ccc(C)cc1)c1ccc(Cl)cc1. The van der Waals surface area contributed by atoms with Crippen LogP contribution in [0.1, 0.15) is 24.1 Å². The third-order valence-electron chi connectivity index (χ3n) is 3.61. The molecule has 0 saturated carbocycles. The molecule has 0 bridgehead atoms. The van der Waals surface area contributed by atoms with Gasteiger partial charge in [0.1, 0.15) is 0 Å². The number of Topliss-reactive ketones (excluding diaryl/α,β-unsaturated/α-hetero) is 1. The quantitative estimate of drug-likeness (QED) is 0.793. The van der Waals surface area contributed by atoms with E-state index >= 15 is 0 Å². The highest BCUT2D eigenvalue weighted by molar-refractivity contribution is 7.89. The van der Waals surface area contributed by atoms with Crippen LogP contribution in [-0.2, 0) is 14.8 Å². The van der Waals surface area contributed by atoms with E-state index in [1.807, 2.05) is 6.92 Å². The molecule has 126 valence electrons. The number of nitrogens with one attached hydrogen (secondary N) is 1. The van der Waals surface area contributed by atoms with Crippen molar-refractivity contribution in [1.29, 1.82) is 0 Å². The highest BCUT2D eigenvalue weighted by Gasteiger charge is 2.25. The van der Waals surface area contributed by atoms with Gasteiger partial charge in [0.25, 0.3) is 0 Å². The van der Waals surface area contributed by atoms with Crippen molar-refractivity contribution in [1.82, 2.24) is 4.72 Å². The number of ketones is 1. The van der Waals surface area contributed by atoms with E-state index in [1.54, 1.807) is 36.4 Å². The second kappa shape index (κ2) is 7.30. The average Bonchev–Trinajstić information content (AvgIpc) is 2.53. The predicted molar refractivity (Wildman–Crippen MR) is 95.5 cm³/mol. The molecule has 0 amide bonds. The zero-order valence-corrected chi connectivity index (χ0v) is 15.0. The molecule has 1 atom stereocenters. The van der Waals surface area contributed by atoms with E-state index < -0.39 is 16.1 Å². The maximum atomic E-state index is 12.6. The second-order valence-electron chi connectivity index (χ2n) is 5.50.